The third-order valence-electron chi connectivity index (χ3n) is 2.26. The average molecular weight is 197 g/mol. The Labute approximate surface area is 88.6 Å². The molecule has 0 saturated heterocycles. The van der Waals surface area contributed by atoms with Crippen LogP contribution in [0.4, 0.5) is 0 Å². The number of hydrogen-bond acceptors (Lipinski definition) is 2. The molecule has 2 rings (SSSR count). The van der Waals surface area contributed by atoms with Gasteiger partial charge in [0.2, 0.25) is 0 Å². The van der Waals surface area contributed by atoms with Crippen LogP contribution in [-0.4, -0.2) is 11.3 Å². The normalized spacial score (nSPS) is 9.87. The highest BCUT2D eigenvalue weighted by Gasteiger charge is 1.97. The average Bonchev–Trinajstić information content (AvgIpc) is 2.31. The number of benzene rings is 1. The summed E-state index contributed by atoms with van der Waals surface area (Å²) in [5, 5.41) is 0. The van der Waals surface area contributed by atoms with E-state index in [0.29, 0.717) is 6.42 Å². The Bertz CT molecular complexity index is 451. The van der Waals surface area contributed by atoms with Gasteiger partial charge >= 0.3 is 0 Å². The molecule has 0 N–H and O–H groups in total. The fourth-order valence-corrected chi connectivity index (χ4v) is 1.52. The van der Waals surface area contributed by atoms with Gasteiger partial charge in [-0.3, -0.25) is 4.98 Å². The Morgan fingerprint density at radius 1 is 1.07 bits per heavy atom. The number of rotatable bonds is 3. The van der Waals surface area contributed by atoms with Crippen molar-refractivity contribution in [1.82, 2.24) is 4.98 Å². The second kappa shape index (κ2) is 4.51. The maximum Gasteiger partial charge on any atom is 0.124 e. The highest BCUT2D eigenvalue weighted by molar-refractivity contribution is 5.65. The SMILES string of the molecule is O=CCc1cccc(-c2ccncc2)c1. The first-order valence-electron chi connectivity index (χ1n) is 4.83. The summed E-state index contributed by atoms with van der Waals surface area (Å²) in [7, 11) is 0. The molecule has 1 aromatic carbocycles. The van der Waals surface area contributed by atoms with E-state index in [9.17, 15) is 4.79 Å². The molecule has 1 heterocycles. The van der Waals surface area contributed by atoms with Crippen LogP contribution in [0.5, 0.6) is 0 Å². The molecule has 0 atom stereocenters. The molecule has 0 saturated carbocycles. The van der Waals surface area contributed by atoms with Gasteiger partial charge in [-0.05, 0) is 28.8 Å². The summed E-state index contributed by atoms with van der Waals surface area (Å²) in [6.45, 7) is 0. The first-order chi connectivity index (χ1) is 7.40. The Morgan fingerprint density at radius 3 is 2.60 bits per heavy atom. The van der Waals surface area contributed by atoms with E-state index >= 15 is 0 Å². The number of aromatic nitrogens is 1. The topological polar surface area (TPSA) is 30.0 Å². The zero-order chi connectivity index (χ0) is 10.5. The number of pyridine rings is 1. The van der Waals surface area contributed by atoms with Gasteiger partial charge < -0.3 is 4.79 Å². The Balaban J connectivity index is 2.37. The smallest absolute Gasteiger partial charge is 0.124 e. The highest BCUT2D eigenvalue weighted by Crippen LogP contribution is 2.19. The van der Waals surface area contributed by atoms with Crippen molar-refractivity contribution in [2.24, 2.45) is 0 Å². The first-order valence-corrected chi connectivity index (χ1v) is 4.83. The summed E-state index contributed by atoms with van der Waals surface area (Å²) >= 11 is 0. The molecule has 0 aliphatic rings. The zero-order valence-electron chi connectivity index (χ0n) is 8.26. The second-order valence-electron chi connectivity index (χ2n) is 3.31. The van der Waals surface area contributed by atoms with E-state index in [1.807, 2.05) is 36.4 Å². The van der Waals surface area contributed by atoms with Crippen LogP contribution >= 0.6 is 0 Å². The summed E-state index contributed by atoms with van der Waals surface area (Å²) in [4.78, 5) is 14.4. The Morgan fingerprint density at radius 2 is 1.87 bits per heavy atom. The van der Waals surface area contributed by atoms with Gasteiger partial charge in [0.05, 0.1) is 0 Å². The van der Waals surface area contributed by atoms with Crippen molar-refractivity contribution in [3.05, 3.63) is 54.4 Å². The van der Waals surface area contributed by atoms with Crippen molar-refractivity contribution < 1.29 is 4.79 Å². The highest BCUT2D eigenvalue weighted by atomic mass is 16.1. The van der Waals surface area contributed by atoms with Crippen LogP contribution in [0.3, 0.4) is 0 Å². The molecule has 2 aromatic rings. The zero-order valence-corrected chi connectivity index (χ0v) is 8.26. The van der Waals surface area contributed by atoms with E-state index in [2.05, 4.69) is 4.98 Å². The van der Waals surface area contributed by atoms with Gasteiger partial charge in [-0.2, -0.15) is 0 Å². The number of carbonyl (C=O) groups excluding carboxylic acids is 1. The van der Waals surface area contributed by atoms with Crippen LogP contribution in [0.2, 0.25) is 0 Å². The van der Waals surface area contributed by atoms with Crippen molar-refractivity contribution in [2.45, 2.75) is 6.42 Å². The standard InChI is InChI=1S/C13H11NO/c15-9-6-11-2-1-3-13(10-11)12-4-7-14-8-5-12/h1-5,7-10H,6H2. The number of carbonyl (C=O) groups is 1. The van der Waals surface area contributed by atoms with Gasteiger partial charge in [-0.25, -0.2) is 0 Å². The minimum absolute atomic E-state index is 0.471. The predicted octanol–water partition coefficient (Wildman–Crippen LogP) is 2.49. The molecule has 0 fully saturated rings. The van der Waals surface area contributed by atoms with E-state index < -0.39 is 0 Å². The largest absolute Gasteiger partial charge is 0.303 e. The summed E-state index contributed by atoms with van der Waals surface area (Å²) < 4.78 is 0. The maximum absolute atomic E-state index is 10.4. The molecular formula is C13H11NO. The monoisotopic (exact) mass is 197 g/mol. The van der Waals surface area contributed by atoms with Gasteiger partial charge in [0.25, 0.3) is 0 Å². The van der Waals surface area contributed by atoms with Gasteiger partial charge in [0, 0.05) is 18.8 Å². The molecule has 0 unspecified atom stereocenters. The molecule has 2 heteroatoms. The molecule has 0 aliphatic heterocycles. The van der Waals surface area contributed by atoms with Crippen LogP contribution in [0, 0.1) is 0 Å². The lowest BCUT2D eigenvalue weighted by atomic mass is 10.0. The molecule has 1 aromatic heterocycles. The minimum atomic E-state index is 0.471. The van der Waals surface area contributed by atoms with Crippen LogP contribution in [-0.2, 0) is 11.2 Å². The van der Waals surface area contributed by atoms with E-state index in [0.717, 1.165) is 23.0 Å². The molecule has 0 bridgehead atoms. The fraction of sp³-hybridized carbons (Fsp3) is 0.0769. The third kappa shape index (κ3) is 2.29. The molecular weight excluding hydrogens is 186 g/mol. The molecule has 0 spiro atoms. The third-order valence-corrected chi connectivity index (χ3v) is 2.26. The predicted molar refractivity (Wildman–Crippen MR) is 59.4 cm³/mol. The van der Waals surface area contributed by atoms with Crippen molar-refractivity contribution >= 4 is 6.29 Å². The molecule has 15 heavy (non-hydrogen) atoms. The molecule has 74 valence electrons. The van der Waals surface area contributed by atoms with Crippen LogP contribution in [0.25, 0.3) is 11.1 Å². The van der Waals surface area contributed by atoms with Crippen molar-refractivity contribution in [1.29, 1.82) is 0 Å². The van der Waals surface area contributed by atoms with Crippen LogP contribution in [0.1, 0.15) is 5.56 Å². The summed E-state index contributed by atoms with van der Waals surface area (Å²) in [6.07, 6.45) is 4.92. The number of hydrogen-bond donors (Lipinski definition) is 0. The summed E-state index contributed by atoms with van der Waals surface area (Å²) in [5.74, 6) is 0. The molecule has 2 nitrogen and oxygen atoms in total. The van der Waals surface area contributed by atoms with Gasteiger partial charge in [0.15, 0.2) is 0 Å². The Hall–Kier alpha value is -1.96. The van der Waals surface area contributed by atoms with Gasteiger partial charge in [0.1, 0.15) is 6.29 Å². The fourth-order valence-electron chi connectivity index (χ4n) is 1.52. The lowest BCUT2D eigenvalue weighted by Gasteiger charge is -2.02. The molecule has 0 amide bonds. The lowest BCUT2D eigenvalue weighted by Crippen LogP contribution is -1.86. The van der Waals surface area contributed by atoms with Crippen molar-refractivity contribution in [2.75, 3.05) is 0 Å². The van der Waals surface area contributed by atoms with Crippen molar-refractivity contribution in [3.8, 4) is 11.1 Å². The maximum atomic E-state index is 10.4. The molecule has 0 aliphatic carbocycles. The second-order valence-corrected chi connectivity index (χ2v) is 3.31. The minimum Gasteiger partial charge on any atom is -0.303 e. The van der Waals surface area contributed by atoms with E-state index in [4.69, 9.17) is 0 Å². The van der Waals surface area contributed by atoms with E-state index in [1.165, 1.54) is 0 Å². The van der Waals surface area contributed by atoms with E-state index in [-0.39, 0.29) is 0 Å². The van der Waals surface area contributed by atoms with Crippen LogP contribution in [0.15, 0.2) is 48.8 Å². The number of aldehydes is 1. The molecule has 0 radical (unpaired) electrons. The van der Waals surface area contributed by atoms with Crippen LogP contribution < -0.4 is 0 Å². The van der Waals surface area contributed by atoms with Gasteiger partial charge in [-0.15, -0.1) is 0 Å². The summed E-state index contributed by atoms with van der Waals surface area (Å²) in [6, 6.07) is 11.9. The first kappa shape index (κ1) is 9.59. The quantitative estimate of drug-likeness (QED) is 0.707. The number of nitrogens with zero attached hydrogens (tertiary/aromatic N) is 1. The van der Waals surface area contributed by atoms with Crippen molar-refractivity contribution in [3.63, 3.8) is 0 Å². The van der Waals surface area contributed by atoms with E-state index in [1.54, 1.807) is 12.4 Å². The lowest BCUT2D eigenvalue weighted by molar-refractivity contribution is -0.107. The van der Waals surface area contributed by atoms with Gasteiger partial charge in [-0.1, -0.05) is 24.3 Å². The summed E-state index contributed by atoms with van der Waals surface area (Å²) in [5.41, 5.74) is 3.29. The Kier molecular flexibility index (Phi) is 2.88.